The normalized spacial score (nSPS) is 17.1. The van der Waals surface area contributed by atoms with Crippen molar-refractivity contribution in [2.75, 3.05) is 6.61 Å². The molecule has 0 aliphatic carbocycles. The van der Waals surface area contributed by atoms with Crippen molar-refractivity contribution >= 4 is 17.4 Å². The highest BCUT2D eigenvalue weighted by molar-refractivity contribution is 6.46. The molecule has 1 N–H and O–H groups in total. The first-order valence-corrected chi connectivity index (χ1v) is 12.3. The van der Waals surface area contributed by atoms with Crippen LogP contribution in [0, 0.1) is 12.8 Å². The Hall–Kier alpha value is -3.93. The summed E-state index contributed by atoms with van der Waals surface area (Å²) in [6, 6.07) is 15.9. The van der Waals surface area contributed by atoms with Gasteiger partial charge in [0.25, 0.3) is 5.91 Å². The number of aromatic amines is 1. The minimum atomic E-state index is -0.763. The number of H-pyrrole nitrogens is 1. The van der Waals surface area contributed by atoms with E-state index in [0.717, 1.165) is 28.7 Å². The summed E-state index contributed by atoms with van der Waals surface area (Å²) in [4.78, 5) is 31.0. The van der Waals surface area contributed by atoms with Gasteiger partial charge in [-0.2, -0.15) is 0 Å². The molecular weight excluding hydrogens is 452 g/mol. The van der Waals surface area contributed by atoms with E-state index in [0.29, 0.717) is 23.8 Å². The number of aryl methyl sites for hydroxylation is 2. The van der Waals surface area contributed by atoms with Gasteiger partial charge in [0.05, 0.1) is 19.2 Å². The van der Waals surface area contributed by atoms with E-state index >= 15 is 0 Å². The molecule has 1 fully saturated rings. The number of benzene rings is 2. The Bertz CT molecular complexity index is 1280. The smallest absolute Gasteiger partial charge is 0.295 e. The van der Waals surface area contributed by atoms with Crippen LogP contribution in [0.1, 0.15) is 54.6 Å². The molecule has 1 aliphatic rings. The van der Waals surface area contributed by atoms with Crippen molar-refractivity contribution in [1.29, 1.82) is 0 Å². The third kappa shape index (κ3) is 5.18. The van der Waals surface area contributed by atoms with Crippen LogP contribution in [-0.2, 0) is 22.6 Å². The zero-order valence-corrected chi connectivity index (χ0v) is 21.2. The van der Waals surface area contributed by atoms with Crippen molar-refractivity contribution in [2.45, 2.75) is 46.7 Å². The van der Waals surface area contributed by atoms with E-state index in [4.69, 9.17) is 4.74 Å². The molecule has 6 nitrogen and oxygen atoms in total. The lowest BCUT2D eigenvalue weighted by Gasteiger charge is -2.27. The topological polar surface area (TPSA) is 83.8 Å². The summed E-state index contributed by atoms with van der Waals surface area (Å²) < 4.78 is 5.84. The molecule has 0 saturated carbocycles. The van der Waals surface area contributed by atoms with E-state index in [1.165, 1.54) is 4.90 Å². The number of ketones is 1. The lowest BCUT2D eigenvalue weighted by molar-refractivity contribution is -0.378. The van der Waals surface area contributed by atoms with Crippen molar-refractivity contribution in [3.05, 3.63) is 100 Å². The summed E-state index contributed by atoms with van der Waals surface area (Å²) in [5.41, 5.74) is 3.87. The largest absolute Gasteiger partial charge is 0.872 e. The number of ether oxygens (including phenoxy) is 1. The van der Waals surface area contributed by atoms with Gasteiger partial charge in [-0.1, -0.05) is 56.9 Å². The molecule has 2 heterocycles. The SMILES string of the molecule is CCc1ccc(C2C(=C([O-])c3ccc(OCC(C)C)c(C)c3)C(=O)C(=O)N2Cc2ccc[nH+]c2)cc1. The molecule has 1 unspecified atom stereocenters. The highest BCUT2D eigenvalue weighted by Gasteiger charge is 2.44. The third-order valence-electron chi connectivity index (χ3n) is 6.37. The van der Waals surface area contributed by atoms with Crippen molar-refractivity contribution in [3.63, 3.8) is 0 Å². The van der Waals surface area contributed by atoms with Gasteiger partial charge in [-0.25, -0.2) is 4.98 Å². The fourth-order valence-corrected chi connectivity index (χ4v) is 4.41. The molecule has 4 rings (SSSR count). The average molecular weight is 485 g/mol. The van der Waals surface area contributed by atoms with Gasteiger partial charge in [0.1, 0.15) is 5.75 Å². The lowest BCUT2D eigenvalue weighted by atomic mass is 9.94. The van der Waals surface area contributed by atoms with Crippen molar-refractivity contribution < 1.29 is 24.4 Å². The Balaban J connectivity index is 1.79. The maximum absolute atomic E-state index is 13.8. The quantitative estimate of drug-likeness (QED) is 0.276. The van der Waals surface area contributed by atoms with Gasteiger partial charge in [0, 0.05) is 17.2 Å². The first-order chi connectivity index (χ1) is 17.3. The molecule has 0 bridgehead atoms. The molecule has 1 atom stereocenters. The molecule has 186 valence electrons. The number of rotatable bonds is 8. The Morgan fingerprint density at radius 3 is 2.44 bits per heavy atom. The van der Waals surface area contributed by atoms with Crippen LogP contribution in [0.4, 0.5) is 0 Å². The monoisotopic (exact) mass is 484 g/mol. The minimum Gasteiger partial charge on any atom is -0.872 e. The molecule has 36 heavy (non-hydrogen) atoms. The van der Waals surface area contributed by atoms with Crippen LogP contribution >= 0.6 is 0 Å². The van der Waals surface area contributed by atoms with E-state index in [-0.39, 0.29) is 12.1 Å². The third-order valence-corrected chi connectivity index (χ3v) is 6.37. The molecule has 1 aliphatic heterocycles. The van der Waals surface area contributed by atoms with E-state index in [1.54, 1.807) is 30.6 Å². The Morgan fingerprint density at radius 2 is 1.83 bits per heavy atom. The average Bonchev–Trinajstić information content (AvgIpc) is 3.13. The van der Waals surface area contributed by atoms with Crippen LogP contribution in [0.25, 0.3) is 5.76 Å². The molecule has 1 amide bonds. The molecule has 6 heteroatoms. The number of carbonyl (C=O) groups is 2. The van der Waals surface area contributed by atoms with E-state index in [2.05, 4.69) is 25.8 Å². The number of likely N-dealkylation sites (tertiary alicyclic amines) is 1. The highest BCUT2D eigenvalue weighted by atomic mass is 16.5. The first-order valence-electron chi connectivity index (χ1n) is 12.3. The molecular formula is C30H32N2O4. The van der Waals surface area contributed by atoms with Crippen LogP contribution in [0.3, 0.4) is 0 Å². The summed E-state index contributed by atoms with van der Waals surface area (Å²) in [6.45, 7) is 8.85. The Labute approximate surface area is 212 Å². The van der Waals surface area contributed by atoms with Gasteiger partial charge in [0.15, 0.2) is 12.4 Å². The van der Waals surface area contributed by atoms with Crippen molar-refractivity contribution in [1.82, 2.24) is 4.90 Å². The van der Waals surface area contributed by atoms with Crippen molar-refractivity contribution in [3.8, 4) is 5.75 Å². The van der Waals surface area contributed by atoms with E-state index in [9.17, 15) is 14.7 Å². The predicted octanol–water partition coefficient (Wildman–Crippen LogP) is 3.83. The second-order valence-corrected chi connectivity index (χ2v) is 9.60. The predicted molar refractivity (Wildman–Crippen MR) is 136 cm³/mol. The van der Waals surface area contributed by atoms with Crippen molar-refractivity contribution in [2.24, 2.45) is 5.92 Å². The lowest BCUT2D eigenvalue weighted by Crippen LogP contribution is -2.29. The standard InChI is InChI=1S/C30H32N2O4/c1-5-21-8-10-23(11-9-21)27-26(29(34)30(35)32(27)17-22-7-6-14-31-16-22)28(33)24-12-13-25(20(4)15-24)36-18-19(2)3/h6-16,19,27,33H,5,17-18H2,1-4H3. The van der Waals surface area contributed by atoms with Crippen LogP contribution in [-0.4, -0.2) is 23.2 Å². The highest BCUT2D eigenvalue weighted by Crippen LogP contribution is 2.40. The molecule has 2 aromatic carbocycles. The van der Waals surface area contributed by atoms with E-state index < -0.39 is 23.5 Å². The molecule has 0 radical (unpaired) electrons. The fraction of sp³-hybridized carbons (Fsp3) is 0.300. The van der Waals surface area contributed by atoms with Crippen LogP contribution in [0.5, 0.6) is 5.75 Å². The zero-order valence-electron chi connectivity index (χ0n) is 21.2. The minimum absolute atomic E-state index is 0.0144. The van der Waals surface area contributed by atoms with Gasteiger partial charge < -0.3 is 14.7 Å². The van der Waals surface area contributed by atoms with Gasteiger partial charge in [0.2, 0.25) is 5.78 Å². The van der Waals surface area contributed by atoms with Crippen LogP contribution < -0.4 is 14.8 Å². The zero-order chi connectivity index (χ0) is 25.8. The van der Waals surface area contributed by atoms with Crippen LogP contribution in [0.2, 0.25) is 0 Å². The number of Topliss-reactive ketones (excluding diaryl/α,β-unsaturated/α-hetero) is 1. The maximum atomic E-state index is 13.8. The summed E-state index contributed by atoms with van der Waals surface area (Å²) in [6.07, 6.45) is 4.43. The van der Waals surface area contributed by atoms with Gasteiger partial charge in [-0.3, -0.25) is 9.59 Å². The van der Waals surface area contributed by atoms with Crippen LogP contribution in [0.15, 0.2) is 72.6 Å². The number of nitrogens with zero attached hydrogens (tertiary/aromatic N) is 1. The fourth-order valence-electron chi connectivity index (χ4n) is 4.41. The summed E-state index contributed by atoms with van der Waals surface area (Å²) in [7, 11) is 0. The number of hydrogen-bond acceptors (Lipinski definition) is 4. The maximum Gasteiger partial charge on any atom is 0.295 e. The second kappa shape index (κ2) is 10.8. The number of nitrogens with one attached hydrogen (secondary N) is 1. The van der Waals surface area contributed by atoms with Gasteiger partial charge in [-0.15, -0.1) is 0 Å². The number of amides is 1. The number of pyridine rings is 1. The Kier molecular flexibility index (Phi) is 7.53. The summed E-state index contributed by atoms with van der Waals surface area (Å²) in [5.74, 6) is -0.773. The number of carbonyl (C=O) groups excluding carboxylic acids is 2. The van der Waals surface area contributed by atoms with E-state index in [1.807, 2.05) is 43.3 Å². The Morgan fingerprint density at radius 1 is 1.08 bits per heavy atom. The molecule has 0 spiro atoms. The summed E-state index contributed by atoms with van der Waals surface area (Å²) in [5, 5.41) is 13.8. The van der Waals surface area contributed by atoms with Gasteiger partial charge >= 0.3 is 0 Å². The summed E-state index contributed by atoms with van der Waals surface area (Å²) >= 11 is 0. The molecule has 3 aromatic rings. The second-order valence-electron chi connectivity index (χ2n) is 9.60. The molecule has 1 saturated heterocycles. The molecule has 1 aromatic heterocycles. The first kappa shape index (κ1) is 25.2. The van der Waals surface area contributed by atoms with Gasteiger partial charge in [-0.05, 0) is 59.7 Å². The number of aromatic nitrogens is 1. The number of hydrogen-bond donors (Lipinski definition) is 0.